The molecular weight excluding hydrogens is 252 g/mol. The van der Waals surface area contributed by atoms with Crippen molar-refractivity contribution < 1.29 is 5.11 Å². The molecule has 0 spiro atoms. The summed E-state index contributed by atoms with van der Waals surface area (Å²) >= 11 is 0. The second kappa shape index (κ2) is 5.46. The van der Waals surface area contributed by atoms with Crippen molar-refractivity contribution in [1.82, 2.24) is 19.3 Å². The van der Waals surface area contributed by atoms with Gasteiger partial charge in [0.15, 0.2) is 0 Å². The first-order valence-electron chi connectivity index (χ1n) is 6.85. The molecule has 5 heteroatoms. The third kappa shape index (κ3) is 2.58. The number of aliphatic hydroxyl groups is 1. The van der Waals surface area contributed by atoms with E-state index in [-0.39, 0.29) is 0 Å². The molecule has 1 aromatic carbocycles. The number of nitrogens with zero attached hydrogens (tertiary/aromatic N) is 4. The molecule has 0 aliphatic heterocycles. The van der Waals surface area contributed by atoms with Crippen LogP contribution in [0.25, 0.3) is 11.0 Å². The molecule has 2 aromatic heterocycles. The zero-order valence-corrected chi connectivity index (χ0v) is 11.5. The summed E-state index contributed by atoms with van der Waals surface area (Å²) in [4.78, 5) is 4.33. The number of aliphatic hydroxyl groups excluding tert-OH is 1. The summed E-state index contributed by atoms with van der Waals surface area (Å²) in [5.74, 6) is 0. The molecule has 0 aliphatic carbocycles. The zero-order chi connectivity index (χ0) is 13.9. The third-order valence-electron chi connectivity index (χ3n) is 3.42. The number of hydrogen-bond acceptors (Lipinski definition) is 3. The van der Waals surface area contributed by atoms with Crippen LogP contribution in [0, 0.1) is 0 Å². The summed E-state index contributed by atoms with van der Waals surface area (Å²) in [7, 11) is 0. The van der Waals surface area contributed by atoms with E-state index in [1.54, 1.807) is 6.33 Å². The molecule has 20 heavy (non-hydrogen) atoms. The molecule has 0 radical (unpaired) electrons. The Kier molecular flexibility index (Phi) is 3.52. The molecule has 0 saturated heterocycles. The van der Waals surface area contributed by atoms with Crippen LogP contribution < -0.4 is 0 Å². The first-order valence-corrected chi connectivity index (χ1v) is 6.85. The zero-order valence-electron chi connectivity index (χ0n) is 11.5. The topological polar surface area (TPSA) is 55.9 Å². The van der Waals surface area contributed by atoms with Crippen molar-refractivity contribution in [2.45, 2.75) is 32.5 Å². The van der Waals surface area contributed by atoms with Crippen molar-refractivity contribution in [3.63, 3.8) is 0 Å². The Hall–Kier alpha value is -2.14. The number of imidazole rings is 1. The Labute approximate surface area is 117 Å². The van der Waals surface area contributed by atoms with Crippen LogP contribution >= 0.6 is 0 Å². The molecule has 0 fully saturated rings. The molecule has 3 aromatic rings. The molecule has 0 saturated carbocycles. The Morgan fingerprint density at radius 1 is 1.30 bits per heavy atom. The van der Waals surface area contributed by atoms with Crippen LogP contribution in [-0.2, 0) is 19.5 Å². The summed E-state index contributed by atoms with van der Waals surface area (Å²) in [6, 6.07) is 7.95. The first-order chi connectivity index (χ1) is 9.76. The predicted octanol–water partition coefficient (Wildman–Crippen LogP) is 1.86. The summed E-state index contributed by atoms with van der Waals surface area (Å²) < 4.78 is 3.86. The van der Waals surface area contributed by atoms with Crippen molar-refractivity contribution in [2.75, 3.05) is 0 Å². The molecule has 1 N–H and O–H groups in total. The van der Waals surface area contributed by atoms with Gasteiger partial charge in [0, 0.05) is 19.2 Å². The fraction of sp³-hybridized carbons (Fsp3) is 0.333. The number of aryl methyl sites for hydroxylation is 1. The monoisotopic (exact) mass is 270 g/mol. The molecule has 0 amide bonds. The summed E-state index contributed by atoms with van der Waals surface area (Å²) in [5.41, 5.74) is 3.07. The average Bonchev–Trinajstić information content (AvgIpc) is 3.06. The minimum Gasteiger partial charge on any atom is -0.391 e. The summed E-state index contributed by atoms with van der Waals surface area (Å²) in [6.07, 6.45) is 5.74. The Bertz CT molecular complexity index is 701. The maximum absolute atomic E-state index is 10.2. The van der Waals surface area contributed by atoms with Gasteiger partial charge in [-0.2, -0.15) is 5.10 Å². The highest BCUT2D eigenvalue weighted by molar-refractivity contribution is 5.74. The van der Waals surface area contributed by atoms with Gasteiger partial charge in [-0.3, -0.25) is 4.68 Å². The normalized spacial score (nSPS) is 12.9. The fourth-order valence-electron chi connectivity index (χ4n) is 2.40. The van der Waals surface area contributed by atoms with Crippen molar-refractivity contribution in [2.24, 2.45) is 0 Å². The van der Waals surface area contributed by atoms with Crippen LogP contribution in [-0.4, -0.2) is 30.5 Å². The molecule has 0 bridgehead atoms. The molecule has 0 aliphatic rings. The maximum Gasteiger partial charge on any atom is 0.0959 e. The molecule has 3 rings (SSSR count). The molecule has 104 valence electrons. The predicted molar refractivity (Wildman–Crippen MR) is 77.3 cm³/mol. The summed E-state index contributed by atoms with van der Waals surface area (Å²) in [6.45, 7) is 3.44. The van der Waals surface area contributed by atoms with Crippen LogP contribution in [0.1, 0.15) is 12.5 Å². The lowest BCUT2D eigenvalue weighted by atomic mass is 10.1. The van der Waals surface area contributed by atoms with Crippen molar-refractivity contribution in [3.05, 3.63) is 48.5 Å². The number of fused-ring (bicyclic) bond motifs is 1. The average molecular weight is 270 g/mol. The maximum atomic E-state index is 10.2. The third-order valence-corrected chi connectivity index (χ3v) is 3.42. The highest BCUT2D eigenvalue weighted by atomic mass is 16.3. The van der Waals surface area contributed by atoms with E-state index >= 15 is 0 Å². The quantitative estimate of drug-likeness (QED) is 0.770. The Balaban J connectivity index is 1.70. The van der Waals surface area contributed by atoms with Gasteiger partial charge in [-0.1, -0.05) is 12.1 Å². The first kappa shape index (κ1) is 12.9. The minimum absolute atomic E-state index is 0.442. The van der Waals surface area contributed by atoms with Crippen LogP contribution in [0.5, 0.6) is 0 Å². The van der Waals surface area contributed by atoms with Crippen molar-refractivity contribution >= 4 is 11.0 Å². The van der Waals surface area contributed by atoms with E-state index in [0.717, 1.165) is 23.1 Å². The van der Waals surface area contributed by atoms with E-state index in [0.29, 0.717) is 13.0 Å². The molecular formula is C15H18N4O. The molecule has 2 heterocycles. The lowest BCUT2D eigenvalue weighted by Gasteiger charge is -2.11. The molecule has 1 atom stereocenters. The van der Waals surface area contributed by atoms with Crippen LogP contribution in [0.15, 0.2) is 43.0 Å². The van der Waals surface area contributed by atoms with Gasteiger partial charge >= 0.3 is 0 Å². The van der Waals surface area contributed by atoms with Gasteiger partial charge in [0.25, 0.3) is 0 Å². The fourth-order valence-corrected chi connectivity index (χ4v) is 2.40. The summed E-state index contributed by atoms with van der Waals surface area (Å²) in [5, 5.41) is 14.5. The highest BCUT2D eigenvalue weighted by Crippen LogP contribution is 2.13. The van der Waals surface area contributed by atoms with E-state index in [1.807, 2.05) is 52.8 Å². The van der Waals surface area contributed by atoms with Gasteiger partial charge in [0.05, 0.1) is 36.2 Å². The van der Waals surface area contributed by atoms with E-state index in [2.05, 4.69) is 10.1 Å². The van der Waals surface area contributed by atoms with Gasteiger partial charge in [-0.05, 0) is 24.6 Å². The van der Waals surface area contributed by atoms with Crippen LogP contribution in [0.3, 0.4) is 0 Å². The van der Waals surface area contributed by atoms with E-state index in [4.69, 9.17) is 0 Å². The van der Waals surface area contributed by atoms with Crippen molar-refractivity contribution in [3.8, 4) is 0 Å². The lowest BCUT2D eigenvalue weighted by molar-refractivity contribution is 0.155. The van der Waals surface area contributed by atoms with Crippen LogP contribution in [0.4, 0.5) is 0 Å². The second-order valence-corrected chi connectivity index (χ2v) is 4.95. The van der Waals surface area contributed by atoms with E-state index in [1.165, 1.54) is 0 Å². The van der Waals surface area contributed by atoms with Gasteiger partial charge in [0.1, 0.15) is 0 Å². The van der Waals surface area contributed by atoms with Crippen molar-refractivity contribution in [1.29, 1.82) is 0 Å². The van der Waals surface area contributed by atoms with Crippen LogP contribution in [0.2, 0.25) is 0 Å². The van der Waals surface area contributed by atoms with Gasteiger partial charge in [-0.15, -0.1) is 0 Å². The standard InChI is InChI=1S/C15H18N4O/c1-2-19-9-12(8-17-19)7-13(20)10-18-11-16-14-5-3-4-6-15(14)18/h3-6,8-9,11,13,20H,2,7,10H2,1H3. The molecule has 1 unspecified atom stereocenters. The number of para-hydroxylation sites is 2. The lowest BCUT2D eigenvalue weighted by Crippen LogP contribution is -2.17. The van der Waals surface area contributed by atoms with Gasteiger partial charge < -0.3 is 9.67 Å². The largest absolute Gasteiger partial charge is 0.391 e. The SMILES string of the molecule is CCn1cc(CC(O)Cn2cnc3ccccc32)cn1. The van der Waals surface area contributed by atoms with E-state index in [9.17, 15) is 5.11 Å². The number of rotatable bonds is 5. The second-order valence-electron chi connectivity index (χ2n) is 4.95. The van der Waals surface area contributed by atoms with E-state index < -0.39 is 6.10 Å². The number of hydrogen-bond donors (Lipinski definition) is 1. The number of aromatic nitrogens is 4. The Morgan fingerprint density at radius 3 is 2.95 bits per heavy atom. The van der Waals surface area contributed by atoms with Gasteiger partial charge in [-0.25, -0.2) is 4.98 Å². The highest BCUT2D eigenvalue weighted by Gasteiger charge is 2.10. The number of benzene rings is 1. The van der Waals surface area contributed by atoms with Gasteiger partial charge in [0.2, 0.25) is 0 Å². The molecule has 5 nitrogen and oxygen atoms in total. The minimum atomic E-state index is -0.442. The Morgan fingerprint density at radius 2 is 2.15 bits per heavy atom. The smallest absolute Gasteiger partial charge is 0.0959 e.